The number of ether oxygens (including phenoxy) is 2. The van der Waals surface area contributed by atoms with E-state index in [1.807, 2.05) is 24.3 Å². The van der Waals surface area contributed by atoms with E-state index in [0.29, 0.717) is 13.2 Å². The fraction of sp³-hybridized carbons (Fsp3) is 0.214. The summed E-state index contributed by atoms with van der Waals surface area (Å²) in [6.07, 6.45) is 0. The van der Waals surface area contributed by atoms with Gasteiger partial charge >= 0.3 is 5.97 Å². The lowest BCUT2D eigenvalue weighted by atomic mass is 10.1. The average molecular weight is 261 g/mol. The van der Waals surface area contributed by atoms with Crippen LogP contribution in [-0.4, -0.2) is 36.4 Å². The molecule has 100 valence electrons. The van der Waals surface area contributed by atoms with Gasteiger partial charge in [-0.25, -0.2) is 4.79 Å². The van der Waals surface area contributed by atoms with E-state index in [0.717, 1.165) is 17.0 Å². The molecule has 0 amide bonds. The summed E-state index contributed by atoms with van der Waals surface area (Å²) < 4.78 is 10.3. The Morgan fingerprint density at radius 3 is 2.47 bits per heavy atom. The molecule has 0 aliphatic heterocycles. The number of carboxylic acids is 1. The maximum absolute atomic E-state index is 10.8. The molecule has 1 aromatic heterocycles. The lowest BCUT2D eigenvalue weighted by Crippen LogP contribution is -2.03. The molecule has 0 saturated carbocycles. The minimum Gasteiger partial charge on any atom is -0.491 e. The van der Waals surface area contributed by atoms with Crippen molar-refractivity contribution in [3.05, 3.63) is 42.1 Å². The zero-order valence-corrected chi connectivity index (χ0v) is 10.6. The number of aromatic amines is 1. The van der Waals surface area contributed by atoms with Gasteiger partial charge in [-0.05, 0) is 42.0 Å². The zero-order chi connectivity index (χ0) is 13.7. The Hall–Kier alpha value is -2.27. The number of rotatable bonds is 6. The number of benzene rings is 1. The monoisotopic (exact) mass is 261 g/mol. The minimum absolute atomic E-state index is 0.176. The molecular formula is C14H15NO4. The standard InChI is InChI=1S/C14H15NO4/c1-18-8-9-19-11-4-2-10(3-5-11)12-6-7-13(15-12)14(16)17/h2-7,15H,8-9H2,1H3,(H,16,17). The van der Waals surface area contributed by atoms with Crippen molar-refractivity contribution in [1.82, 2.24) is 4.98 Å². The van der Waals surface area contributed by atoms with Crippen LogP contribution in [0, 0.1) is 0 Å². The van der Waals surface area contributed by atoms with Crippen LogP contribution in [0.25, 0.3) is 11.3 Å². The van der Waals surface area contributed by atoms with E-state index in [1.165, 1.54) is 0 Å². The molecule has 0 fully saturated rings. The van der Waals surface area contributed by atoms with Gasteiger partial charge < -0.3 is 19.6 Å². The fourth-order valence-electron chi connectivity index (χ4n) is 1.66. The third-order valence-electron chi connectivity index (χ3n) is 2.64. The van der Waals surface area contributed by atoms with Crippen molar-refractivity contribution in [3.63, 3.8) is 0 Å². The number of carboxylic acid groups (broad SMARTS) is 1. The Balaban J connectivity index is 2.06. The first kappa shape index (κ1) is 13.2. The maximum Gasteiger partial charge on any atom is 0.352 e. The Morgan fingerprint density at radius 2 is 1.89 bits per heavy atom. The van der Waals surface area contributed by atoms with Crippen LogP contribution in [0.1, 0.15) is 10.5 Å². The molecule has 2 N–H and O–H groups in total. The number of hydrogen-bond donors (Lipinski definition) is 2. The van der Waals surface area contributed by atoms with Crippen LogP contribution in [-0.2, 0) is 4.74 Å². The molecular weight excluding hydrogens is 246 g/mol. The second kappa shape index (κ2) is 6.06. The van der Waals surface area contributed by atoms with Crippen molar-refractivity contribution < 1.29 is 19.4 Å². The molecule has 0 radical (unpaired) electrons. The number of methoxy groups -OCH3 is 1. The molecule has 0 atom stereocenters. The molecule has 0 saturated heterocycles. The molecule has 1 aromatic carbocycles. The number of carbonyl (C=O) groups is 1. The van der Waals surface area contributed by atoms with E-state index in [4.69, 9.17) is 14.6 Å². The van der Waals surface area contributed by atoms with Crippen molar-refractivity contribution in [3.8, 4) is 17.0 Å². The van der Waals surface area contributed by atoms with Crippen LogP contribution < -0.4 is 4.74 Å². The quantitative estimate of drug-likeness (QED) is 0.783. The highest BCUT2D eigenvalue weighted by molar-refractivity contribution is 5.86. The van der Waals surface area contributed by atoms with E-state index in [-0.39, 0.29) is 5.69 Å². The smallest absolute Gasteiger partial charge is 0.352 e. The normalized spacial score (nSPS) is 10.4. The van der Waals surface area contributed by atoms with Gasteiger partial charge in [0.1, 0.15) is 18.1 Å². The molecule has 0 spiro atoms. The number of nitrogens with one attached hydrogen (secondary N) is 1. The number of aromatic carboxylic acids is 1. The second-order valence-corrected chi connectivity index (χ2v) is 3.96. The highest BCUT2D eigenvalue weighted by Crippen LogP contribution is 2.21. The van der Waals surface area contributed by atoms with Gasteiger partial charge in [0.15, 0.2) is 0 Å². The molecule has 1 heterocycles. The third kappa shape index (κ3) is 3.35. The minimum atomic E-state index is -0.967. The zero-order valence-electron chi connectivity index (χ0n) is 10.6. The Kier molecular flexibility index (Phi) is 4.20. The first-order chi connectivity index (χ1) is 9.20. The number of H-pyrrole nitrogens is 1. The predicted octanol–water partition coefficient (Wildman–Crippen LogP) is 2.41. The van der Waals surface area contributed by atoms with Gasteiger partial charge in [0, 0.05) is 12.8 Å². The summed E-state index contributed by atoms with van der Waals surface area (Å²) in [6.45, 7) is 1.04. The first-order valence-corrected chi connectivity index (χ1v) is 5.85. The Bertz CT molecular complexity index is 545. The summed E-state index contributed by atoms with van der Waals surface area (Å²) >= 11 is 0. The van der Waals surface area contributed by atoms with Gasteiger partial charge in [-0.2, -0.15) is 0 Å². The summed E-state index contributed by atoms with van der Waals surface area (Å²) in [5, 5.41) is 8.85. The van der Waals surface area contributed by atoms with Gasteiger partial charge in [-0.3, -0.25) is 0 Å². The van der Waals surface area contributed by atoms with Gasteiger partial charge in [0.25, 0.3) is 0 Å². The topological polar surface area (TPSA) is 71.6 Å². The van der Waals surface area contributed by atoms with Crippen LogP contribution in [0.3, 0.4) is 0 Å². The SMILES string of the molecule is COCCOc1ccc(-c2ccc(C(=O)O)[nH]2)cc1. The average Bonchev–Trinajstić information content (AvgIpc) is 2.90. The lowest BCUT2D eigenvalue weighted by Gasteiger charge is -2.06. The molecule has 19 heavy (non-hydrogen) atoms. The summed E-state index contributed by atoms with van der Waals surface area (Å²) in [5.41, 5.74) is 1.85. The second-order valence-electron chi connectivity index (χ2n) is 3.96. The van der Waals surface area contributed by atoms with Crippen LogP contribution in [0.5, 0.6) is 5.75 Å². The molecule has 5 heteroatoms. The van der Waals surface area contributed by atoms with Gasteiger partial charge in [-0.1, -0.05) is 0 Å². The Morgan fingerprint density at radius 1 is 1.16 bits per heavy atom. The molecule has 0 aliphatic rings. The number of hydrogen-bond acceptors (Lipinski definition) is 3. The predicted molar refractivity (Wildman–Crippen MR) is 70.6 cm³/mol. The summed E-state index contributed by atoms with van der Waals surface area (Å²) in [7, 11) is 1.62. The van der Waals surface area contributed by atoms with E-state index < -0.39 is 5.97 Å². The maximum atomic E-state index is 10.8. The number of aromatic nitrogens is 1. The van der Waals surface area contributed by atoms with Gasteiger partial charge in [-0.15, -0.1) is 0 Å². The highest BCUT2D eigenvalue weighted by atomic mass is 16.5. The van der Waals surface area contributed by atoms with Crippen molar-refractivity contribution >= 4 is 5.97 Å². The van der Waals surface area contributed by atoms with Gasteiger partial charge in [0.05, 0.1) is 6.61 Å². The molecule has 0 unspecified atom stereocenters. The molecule has 0 aliphatic carbocycles. The van der Waals surface area contributed by atoms with Gasteiger partial charge in [0.2, 0.25) is 0 Å². The Labute approximate surface area is 110 Å². The van der Waals surface area contributed by atoms with E-state index in [2.05, 4.69) is 4.98 Å². The third-order valence-corrected chi connectivity index (χ3v) is 2.64. The summed E-state index contributed by atoms with van der Waals surface area (Å²) in [6, 6.07) is 10.7. The fourth-order valence-corrected chi connectivity index (χ4v) is 1.66. The lowest BCUT2D eigenvalue weighted by molar-refractivity contribution is 0.0691. The van der Waals surface area contributed by atoms with E-state index in [9.17, 15) is 4.79 Å². The molecule has 0 bridgehead atoms. The molecule has 5 nitrogen and oxygen atoms in total. The van der Waals surface area contributed by atoms with E-state index in [1.54, 1.807) is 19.2 Å². The van der Waals surface area contributed by atoms with Crippen LogP contribution in [0.4, 0.5) is 0 Å². The van der Waals surface area contributed by atoms with Crippen molar-refractivity contribution in [2.75, 3.05) is 20.3 Å². The molecule has 2 aromatic rings. The van der Waals surface area contributed by atoms with E-state index >= 15 is 0 Å². The summed E-state index contributed by atoms with van der Waals surface area (Å²) in [5.74, 6) is -0.211. The van der Waals surface area contributed by atoms with Crippen LogP contribution in [0.15, 0.2) is 36.4 Å². The molecule has 2 rings (SSSR count). The van der Waals surface area contributed by atoms with Crippen LogP contribution in [0.2, 0.25) is 0 Å². The first-order valence-electron chi connectivity index (χ1n) is 5.85. The van der Waals surface area contributed by atoms with Crippen LogP contribution >= 0.6 is 0 Å². The van der Waals surface area contributed by atoms with Crippen molar-refractivity contribution in [1.29, 1.82) is 0 Å². The van der Waals surface area contributed by atoms with Crippen molar-refractivity contribution in [2.24, 2.45) is 0 Å². The highest BCUT2D eigenvalue weighted by Gasteiger charge is 2.07. The largest absolute Gasteiger partial charge is 0.491 e. The summed E-state index contributed by atoms with van der Waals surface area (Å²) in [4.78, 5) is 13.6. The van der Waals surface area contributed by atoms with Crippen molar-refractivity contribution in [2.45, 2.75) is 0 Å².